The molecular formula is C36H52ClN3O4S. The van der Waals surface area contributed by atoms with Crippen molar-refractivity contribution in [3.05, 3.63) is 70.3 Å². The van der Waals surface area contributed by atoms with Crippen molar-refractivity contribution >= 4 is 34.2 Å². The average Bonchev–Trinajstić information content (AvgIpc) is 3.16. The summed E-state index contributed by atoms with van der Waals surface area (Å²) in [4.78, 5) is 17.7. The van der Waals surface area contributed by atoms with Gasteiger partial charge in [-0.15, -0.1) is 0 Å². The normalized spacial score (nSPS) is 29.2. The molecule has 1 amide bonds. The van der Waals surface area contributed by atoms with Crippen LogP contribution >= 0.6 is 11.6 Å². The first-order valence-corrected chi connectivity index (χ1v) is 17.9. The minimum atomic E-state index is -1.50. The lowest BCUT2D eigenvalue weighted by molar-refractivity contribution is 0.0134. The minimum absolute atomic E-state index is 0.0478. The minimum Gasteiger partial charge on any atom is -0.491 e. The number of benzene rings is 2. The molecule has 2 heterocycles. The van der Waals surface area contributed by atoms with Gasteiger partial charge in [0.25, 0.3) is 5.91 Å². The SMILES string of the molecule is CCCc1cc(Cl)ccc1C1COc2ccc3cc2N(C1)CC1CCC1C(OC)/C=C/CC(C)C(C)S(=O)NC3=O.CN(C)C. The predicted octanol–water partition coefficient (Wildman–Crippen LogP) is 6.87. The fourth-order valence-electron chi connectivity index (χ4n) is 6.46. The van der Waals surface area contributed by atoms with Crippen molar-refractivity contribution < 1.29 is 18.5 Å². The van der Waals surface area contributed by atoms with E-state index in [1.807, 2.05) is 51.2 Å². The third-order valence-corrected chi connectivity index (χ3v) is 11.1. The maximum Gasteiger partial charge on any atom is 0.263 e. The number of hydrogen-bond acceptors (Lipinski definition) is 6. The van der Waals surface area contributed by atoms with Crippen molar-refractivity contribution in [2.75, 3.05) is 52.8 Å². The number of fused-ring (bicyclic) bond motifs is 2. The third-order valence-electron chi connectivity index (χ3n) is 9.30. The van der Waals surface area contributed by atoms with Crippen LogP contribution in [0.2, 0.25) is 5.02 Å². The molecule has 3 aliphatic rings. The second-order valence-electron chi connectivity index (χ2n) is 13.3. The molecule has 7 nitrogen and oxygen atoms in total. The van der Waals surface area contributed by atoms with E-state index in [9.17, 15) is 9.00 Å². The number of anilines is 1. The van der Waals surface area contributed by atoms with Gasteiger partial charge in [0.2, 0.25) is 0 Å². The molecular weight excluding hydrogens is 606 g/mol. The van der Waals surface area contributed by atoms with E-state index < -0.39 is 11.0 Å². The molecule has 2 aliphatic heterocycles. The Morgan fingerprint density at radius 1 is 1.11 bits per heavy atom. The molecule has 1 N–H and O–H groups in total. The molecule has 2 bridgehead atoms. The molecule has 1 saturated carbocycles. The highest BCUT2D eigenvalue weighted by Crippen LogP contribution is 2.43. The van der Waals surface area contributed by atoms with Gasteiger partial charge in [-0.3, -0.25) is 9.52 Å². The zero-order valence-electron chi connectivity index (χ0n) is 28.1. The number of halogens is 1. The zero-order valence-corrected chi connectivity index (χ0v) is 29.6. The van der Waals surface area contributed by atoms with E-state index in [0.29, 0.717) is 24.0 Å². The molecule has 9 heteroatoms. The average molecular weight is 658 g/mol. The van der Waals surface area contributed by atoms with Gasteiger partial charge in [0.05, 0.1) is 23.6 Å². The highest BCUT2D eigenvalue weighted by molar-refractivity contribution is 7.84. The number of nitrogens with zero attached hydrogens (tertiary/aromatic N) is 2. The molecule has 0 saturated heterocycles. The zero-order chi connectivity index (χ0) is 32.7. The van der Waals surface area contributed by atoms with Gasteiger partial charge in [0.15, 0.2) is 0 Å². The number of ether oxygens (including phenoxy) is 2. The number of carbonyl (C=O) groups excluding carboxylic acids is 1. The van der Waals surface area contributed by atoms with Crippen LogP contribution in [-0.4, -0.2) is 74.3 Å². The number of aryl methyl sites for hydroxylation is 1. The fraction of sp³-hybridized carbons (Fsp3) is 0.583. The van der Waals surface area contributed by atoms with E-state index in [2.05, 4.69) is 47.8 Å². The number of nitrogens with one attached hydrogen (secondary N) is 1. The largest absolute Gasteiger partial charge is 0.491 e. The van der Waals surface area contributed by atoms with E-state index in [4.69, 9.17) is 21.1 Å². The molecule has 1 aliphatic carbocycles. The lowest BCUT2D eigenvalue weighted by atomic mass is 9.70. The van der Waals surface area contributed by atoms with Crippen molar-refractivity contribution in [2.24, 2.45) is 17.8 Å². The Morgan fingerprint density at radius 3 is 2.53 bits per heavy atom. The number of carbonyl (C=O) groups is 1. The maximum atomic E-state index is 13.3. The summed E-state index contributed by atoms with van der Waals surface area (Å²) in [5.41, 5.74) is 3.95. The Hall–Kier alpha value is -2.39. The molecule has 7 unspecified atom stereocenters. The molecule has 5 rings (SSSR count). The van der Waals surface area contributed by atoms with Gasteiger partial charge < -0.3 is 19.3 Å². The predicted molar refractivity (Wildman–Crippen MR) is 187 cm³/mol. The molecule has 7 atom stereocenters. The summed E-state index contributed by atoms with van der Waals surface area (Å²) in [5.74, 6) is 1.64. The quantitative estimate of drug-likeness (QED) is 0.362. The van der Waals surface area contributed by atoms with Gasteiger partial charge >= 0.3 is 0 Å². The van der Waals surface area contributed by atoms with Crippen molar-refractivity contribution in [3.8, 4) is 5.75 Å². The number of rotatable bonds is 4. The second-order valence-corrected chi connectivity index (χ2v) is 15.3. The van der Waals surface area contributed by atoms with Crippen molar-refractivity contribution in [3.63, 3.8) is 0 Å². The monoisotopic (exact) mass is 657 g/mol. The first kappa shape index (κ1) is 35.5. The van der Waals surface area contributed by atoms with Crippen LogP contribution in [0.15, 0.2) is 48.6 Å². The molecule has 45 heavy (non-hydrogen) atoms. The summed E-state index contributed by atoms with van der Waals surface area (Å²) < 4.78 is 28.3. The van der Waals surface area contributed by atoms with Crippen LogP contribution in [0.3, 0.4) is 0 Å². The molecule has 0 spiro atoms. The Bertz CT molecular complexity index is 1350. The molecule has 1 fully saturated rings. The Kier molecular flexibility index (Phi) is 13.0. The fourth-order valence-corrected chi connectivity index (χ4v) is 7.68. The summed E-state index contributed by atoms with van der Waals surface area (Å²) in [6.07, 6.45) is 9.47. The van der Waals surface area contributed by atoms with E-state index in [0.717, 1.165) is 61.7 Å². The summed E-state index contributed by atoms with van der Waals surface area (Å²) in [6.45, 7) is 8.37. The van der Waals surface area contributed by atoms with E-state index >= 15 is 0 Å². The molecule has 2 aromatic rings. The third kappa shape index (κ3) is 9.12. The van der Waals surface area contributed by atoms with Crippen LogP contribution in [0.5, 0.6) is 5.75 Å². The van der Waals surface area contributed by atoms with Gasteiger partial charge in [-0.1, -0.05) is 50.1 Å². The first-order chi connectivity index (χ1) is 21.5. The van der Waals surface area contributed by atoms with Crippen LogP contribution in [0.4, 0.5) is 5.69 Å². The van der Waals surface area contributed by atoms with Gasteiger partial charge in [-0.05, 0) is 113 Å². The molecule has 0 radical (unpaired) electrons. The second kappa shape index (κ2) is 16.4. The van der Waals surface area contributed by atoms with Crippen LogP contribution < -0.4 is 14.4 Å². The standard InChI is InChI=1S/C33H43ClN2O4S.C3H9N/c1-5-7-23-16-27(34)12-14-28(23)26-19-36-18-25-10-13-29(25)31(39-4)9-6-8-21(2)22(3)41(38)35-33(37)24-11-15-32(40-20-26)30(36)17-24;1-4(2)3/h6,9,11-12,14-17,21-22,25-26,29,31H,5,7-8,10,13,18-20H2,1-4H3,(H,35,37);1-3H3/b9-6+;. The summed E-state index contributed by atoms with van der Waals surface area (Å²) >= 11 is 6.40. The lowest BCUT2D eigenvalue weighted by Crippen LogP contribution is -2.44. The van der Waals surface area contributed by atoms with Gasteiger partial charge in [0.1, 0.15) is 16.7 Å². The summed E-state index contributed by atoms with van der Waals surface area (Å²) in [6, 6.07) is 11.8. The van der Waals surface area contributed by atoms with Gasteiger partial charge in [-0.25, -0.2) is 4.21 Å². The van der Waals surface area contributed by atoms with E-state index in [1.165, 1.54) is 11.1 Å². The number of hydrogen-bond donors (Lipinski definition) is 1. The highest BCUT2D eigenvalue weighted by Gasteiger charge is 2.39. The van der Waals surface area contributed by atoms with Crippen LogP contribution in [0, 0.1) is 17.8 Å². The van der Waals surface area contributed by atoms with Crippen molar-refractivity contribution in [1.82, 2.24) is 9.62 Å². The van der Waals surface area contributed by atoms with Crippen molar-refractivity contribution in [1.29, 1.82) is 0 Å². The number of allylic oxidation sites excluding steroid dienone is 1. The highest BCUT2D eigenvalue weighted by atomic mass is 35.5. The van der Waals surface area contributed by atoms with E-state index in [1.54, 1.807) is 13.2 Å². The molecule has 2 aromatic carbocycles. The van der Waals surface area contributed by atoms with Gasteiger partial charge in [0, 0.05) is 36.7 Å². The molecule has 248 valence electrons. The van der Waals surface area contributed by atoms with Crippen LogP contribution in [0.1, 0.15) is 73.9 Å². The maximum absolute atomic E-state index is 13.3. The lowest BCUT2D eigenvalue weighted by Gasteiger charge is -2.43. The topological polar surface area (TPSA) is 71.1 Å². The van der Waals surface area contributed by atoms with Crippen molar-refractivity contribution in [2.45, 2.75) is 70.1 Å². The Labute approximate surface area is 278 Å². The number of amides is 1. The molecule has 0 aromatic heterocycles. The first-order valence-electron chi connectivity index (χ1n) is 16.3. The summed E-state index contributed by atoms with van der Waals surface area (Å²) in [7, 11) is 6.30. The number of methoxy groups -OCH3 is 1. The Morgan fingerprint density at radius 2 is 1.87 bits per heavy atom. The van der Waals surface area contributed by atoms with Crippen LogP contribution in [0.25, 0.3) is 0 Å². The Balaban J connectivity index is 0.00000109. The van der Waals surface area contributed by atoms with E-state index in [-0.39, 0.29) is 29.1 Å². The van der Waals surface area contributed by atoms with Gasteiger partial charge in [-0.2, -0.15) is 0 Å². The smallest absolute Gasteiger partial charge is 0.263 e. The summed E-state index contributed by atoms with van der Waals surface area (Å²) in [5, 5.41) is 0.569. The van der Waals surface area contributed by atoms with Crippen LogP contribution in [-0.2, 0) is 22.1 Å².